The molecule has 23 heavy (non-hydrogen) atoms. The van der Waals surface area contributed by atoms with Crippen molar-refractivity contribution in [1.29, 1.82) is 0 Å². The summed E-state index contributed by atoms with van der Waals surface area (Å²) in [5, 5.41) is 0. The highest BCUT2D eigenvalue weighted by Gasteiger charge is 2.57. The minimum Gasteiger partial charge on any atom is -0.465 e. The van der Waals surface area contributed by atoms with E-state index in [4.69, 9.17) is 4.74 Å². The average molecular weight is 336 g/mol. The maximum absolute atomic E-state index is 12.9. The van der Waals surface area contributed by atoms with E-state index in [0.29, 0.717) is 19.4 Å². The molecule has 6 heteroatoms. The molecule has 1 aromatic carbocycles. The number of carbonyl (C=O) groups excluding carboxylic acids is 1. The van der Waals surface area contributed by atoms with E-state index in [1.54, 1.807) is 6.92 Å². The van der Waals surface area contributed by atoms with Crippen LogP contribution in [0.5, 0.6) is 0 Å². The Balaban J connectivity index is 2.54. The second kappa shape index (κ2) is 7.45. The summed E-state index contributed by atoms with van der Waals surface area (Å²) in [4.78, 5) is 26.3. The Morgan fingerprint density at radius 1 is 1.35 bits per heavy atom. The summed E-state index contributed by atoms with van der Waals surface area (Å²) in [6, 6.07) is 9.61. The number of hydrogen-bond acceptors (Lipinski definition) is 6. The maximum Gasteiger partial charge on any atom is 0.317 e. The van der Waals surface area contributed by atoms with Crippen LogP contribution in [0.25, 0.3) is 0 Å². The van der Waals surface area contributed by atoms with Crippen molar-refractivity contribution >= 4 is 17.9 Å². The van der Waals surface area contributed by atoms with E-state index >= 15 is 0 Å². The Morgan fingerprint density at radius 3 is 2.48 bits per heavy atom. The van der Waals surface area contributed by atoms with Crippen molar-refractivity contribution < 1.29 is 9.53 Å². The first-order valence-electron chi connectivity index (χ1n) is 7.92. The number of ether oxygens (including phenoxy) is 1. The van der Waals surface area contributed by atoms with Crippen LogP contribution in [-0.2, 0) is 14.9 Å². The van der Waals surface area contributed by atoms with E-state index in [1.165, 1.54) is 0 Å². The molecule has 2 rings (SSSR count). The largest absolute Gasteiger partial charge is 0.465 e. The van der Waals surface area contributed by atoms with E-state index in [-0.39, 0.29) is 5.97 Å². The lowest BCUT2D eigenvalue weighted by Gasteiger charge is -2.48. The standard InChI is InChI=1S/C17H24N2O3S/c1-4-22-15(20)16(2,14-8-6-5-7-9-14)17(23-18-21)10-12-19(3)13-11-17/h5-9H,4,10-13H2,1-3H3. The molecule has 126 valence electrons. The van der Waals surface area contributed by atoms with Crippen LogP contribution in [-0.4, -0.2) is 42.4 Å². The van der Waals surface area contributed by atoms with Gasteiger partial charge in [-0.15, -0.1) is 4.91 Å². The molecule has 0 spiro atoms. The Labute approximate surface area is 141 Å². The number of nitroso groups, excluding NO2 is 1. The monoisotopic (exact) mass is 336 g/mol. The molecule has 1 aliphatic rings. The maximum atomic E-state index is 12.9. The van der Waals surface area contributed by atoms with E-state index < -0.39 is 10.2 Å². The fourth-order valence-corrected chi connectivity index (χ4v) is 4.24. The lowest BCUT2D eigenvalue weighted by atomic mass is 9.67. The Bertz CT molecular complexity index is 544. The third-order valence-electron chi connectivity index (χ3n) is 4.95. The van der Waals surface area contributed by atoms with Crippen LogP contribution < -0.4 is 0 Å². The number of likely N-dealkylation sites (tertiary alicyclic amines) is 1. The van der Waals surface area contributed by atoms with Gasteiger partial charge in [-0.1, -0.05) is 30.3 Å². The molecule has 0 saturated carbocycles. The lowest BCUT2D eigenvalue weighted by Crippen LogP contribution is -2.57. The van der Waals surface area contributed by atoms with Gasteiger partial charge in [-0.25, -0.2) is 0 Å². The second-order valence-corrected chi connectivity index (χ2v) is 7.29. The number of esters is 1. The van der Waals surface area contributed by atoms with Gasteiger partial charge < -0.3 is 9.64 Å². The van der Waals surface area contributed by atoms with Gasteiger partial charge in [-0.05, 0) is 52.4 Å². The van der Waals surface area contributed by atoms with Gasteiger partial charge in [0.2, 0.25) is 0 Å². The summed E-state index contributed by atoms with van der Waals surface area (Å²) in [5.41, 5.74) is -0.0384. The SMILES string of the molecule is CCOC(=O)C(C)(c1ccccc1)C1(SN=O)CCN(C)CC1. The Kier molecular flexibility index (Phi) is 5.81. The van der Waals surface area contributed by atoms with Crippen molar-refractivity contribution in [3.05, 3.63) is 40.8 Å². The molecule has 0 aromatic heterocycles. The van der Waals surface area contributed by atoms with Crippen molar-refractivity contribution in [2.45, 2.75) is 36.9 Å². The minimum atomic E-state index is -0.913. The molecule has 1 saturated heterocycles. The number of benzene rings is 1. The molecule has 1 heterocycles. The first-order chi connectivity index (χ1) is 11.0. The zero-order chi connectivity index (χ0) is 16.9. The number of hydrogen-bond donors (Lipinski definition) is 0. The van der Waals surface area contributed by atoms with Gasteiger partial charge in [-0.2, -0.15) is 0 Å². The Hall–Kier alpha value is -1.40. The number of nitrogens with zero attached hydrogens (tertiary/aromatic N) is 2. The van der Waals surface area contributed by atoms with E-state index in [1.807, 2.05) is 44.3 Å². The first kappa shape index (κ1) is 17.9. The van der Waals surface area contributed by atoms with Crippen molar-refractivity contribution in [3.63, 3.8) is 0 Å². The number of rotatable bonds is 6. The fourth-order valence-electron chi connectivity index (χ4n) is 3.35. The van der Waals surface area contributed by atoms with Crippen LogP contribution in [0.2, 0.25) is 0 Å². The molecule has 1 fully saturated rings. The van der Waals surface area contributed by atoms with Crippen molar-refractivity contribution in [1.82, 2.24) is 4.90 Å². The minimum absolute atomic E-state index is 0.285. The quantitative estimate of drug-likeness (QED) is 0.453. The van der Waals surface area contributed by atoms with Crippen LogP contribution in [0, 0.1) is 4.91 Å². The molecular formula is C17H24N2O3S. The summed E-state index contributed by atoms with van der Waals surface area (Å²) in [5.74, 6) is -0.285. The van der Waals surface area contributed by atoms with Gasteiger partial charge in [0.15, 0.2) is 0 Å². The second-order valence-electron chi connectivity index (χ2n) is 6.17. The van der Waals surface area contributed by atoms with E-state index in [0.717, 1.165) is 30.6 Å². The third-order valence-corrected chi connectivity index (χ3v) is 6.19. The molecule has 1 atom stereocenters. The molecule has 5 nitrogen and oxygen atoms in total. The summed E-state index contributed by atoms with van der Waals surface area (Å²) in [7, 11) is 2.05. The predicted octanol–water partition coefficient (Wildman–Crippen LogP) is 3.39. The van der Waals surface area contributed by atoms with Crippen molar-refractivity contribution in [2.75, 3.05) is 26.7 Å². The average Bonchev–Trinajstić information content (AvgIpc) is 2.57. The molecule has 1 aliphatic heterocycles. The third kappa shape index (κ3) is 3.28. The molecule has 1 aromatic rings. The van der Waals surface area contributed by atoms with Gasteiger partial charge in [0.1, 0.15) is 5.41 Å². The highest BCUT2D eigenvalue weighted by Crippen LogP contribution is 2.52. The summed E-state index contributed by atoms with van der Waals surface area (Å²) in [6.07, 6.45) is 1.42. The van der Waals surface area contributed by atoms with Crippen LogP contribution in [0.4, 0.5) is 0 Å². The van der Waals surface area contributed by atoms with Gasteiger partial charge in [0.05, 0.1) is 11.4 Å². The molecule has 0 N–H and O–H groups in total. The molecule has 0 aliphatic carbocycles. The van der Waals surface area contributed by atoms with Gasteiger partial charge in [-0.3, -0.25) is 4.79 Å². The highest BCUT2D eigenvalue weighted by molar-refractivity contribution is 7.99. The van der Waals surface area contributed by atoms with Crippen LogP contribution in [0.15, 0.2) is 34.9 Å². The zero-order valence-corrected chi connectivity index (χ0v) is 14.8. The first-order valence-corrected chi connectivity index (χ1v) is 8.69. The van der Waals surface area contributed by atoms with Gasteiger partial charge >= 0.3 is 5.97 Å². The van der Waals surface area contributed by atoms with Crippen molar-refractivity contribution in [2.24, 2.45) is 4.58 Å². The van der Waals surface area contributed by atoms with Crippen molar-refractivity contribution in [3.8, 4) is 0 Å². The topological polar surface area (TPSA) is 59.0 Å². The molecule has 0 amide bonds. The fraction of sp³-hybridized carbons (Fsp3) is 0.588. The van der Waals surface area contributed by atoms with Gasteiger partial charge in [0.25, 0.3) is 0 Å². The highest BCUT2D eigenvalue weighted by atomic mass is 32.2. The van der Waals surface area contributed by atoms with Crippen LogP contribution >= 0.6 is 11.9 Å². The molecular weight excluding hydrogens is 312 g/mol. The smallest absolute Gasteiger partial charge is 0.317 e. The lowest BCUT2D eigenvalue weighted by molar-refractivity contribution is -0.151. The van der Waals surface area contributed by atoms with Gasteiger partial charge in [0, 0.05) is 16.5 Å². The van der Waals surface area contributed by atoms with Crippen LogP contribution in [0.3, 0.4) is 0 Å². The van der Waals surface area contributed by atoms with E-state index in [2.05, 4.69) is 9.48 Å². The number of piperidine rings is 1. The number of carbonyl (C=O) groups is 1. The summed E-state index contributed by atoms with van der Waals surface area (Å²) < 4.78 is 7.95. The Morgan fingerprint density at radius 2 is 1.96 bits per heavy atom. The predicted molar refractivity (Wildman–Crippen MR) is 93.3 cm³/mol. The summed E-state index contributed by atoms with van der Waals surface area (Å²) in [6.45, 7) is 5.66. The molecule has 1 unspecified atom stereocenters. The van der Waals surface area contributed by atoms with E-state index in [9.17, 15) is 9.70 Å². The normalized spacial score (nSPS) is 20.5. The zero-order valence-electron chi connectivity index (χ0n) is 13.9. The van der Waals surface area contributed by atoms with Crippen LogP contribution in [0.1, 0.15) is 32.3 Å². The molecule has 0 radical (unpaired) electrons. The molecule has 0 bridgehead atoms. The summed E-state index contributed by atoms with van der Waals surface area (Å²) >= 11 is 1.000.